The summed E-state index contributed by atoms with van der Waals surface area (Å²) in [4.78, 5) is 9.29. The minimum absolute atomic E-state index is 0. The van der Waals surface area contributed by atoms with Gasteiger partial charge in [0.25, 0.3) is 0 Å². The van der Waals surface area contributed by atoms with Crippen molar-refractivity contribution >= 4 is 35.2 Å². The van der Waals surface area contributed by atoms with E-state index in [1.165, 1.54) is 40.3 Å². The summed E-state index contributed by atoms with van der Waals surface area (Å²) in [5, 5.41) is 3.68. The Balaban J connectivity index is 0.000000187. The molecule has 1 aliphatic rings. The van der Waals surface area contributed by atoms with Crippen LogP contribution in [-0.2, 0) is 32.9 Å². The molecule has 0 bridgehead atoms. The number of pyridine rings is 2. The van der Waals surface area contributed by atoms with Gasteiger partial charge in [-0.1, -0.05) is 96.3 Å². The molecular weight excluding hydrogens is 757 g/mol. The van der Waals surface area contributed by atoms with Crippen LogP contribution in [0.3, 0.4) is 0 Å². The number of nitrogens with zero attached hydrogens (tertiary/aromatic N) is 2. The molecule has 3 nitrogen and oxygen atoms in total. The van der Waals surface area contributed by atoms with Crippen LogP contribution in [0.25, 0.3) is 55.6 Å². The first-order valence-electron chi connectivity index (χ1n) is 15.8. The summed E-state index contributed by atoms with van der Waals surface area (Å²) in [6.45, 7) is 7.00. The van der Waals surface area contributed by atoms with Crippen molar-refractivity contribution < 1.29 is 24.5 Å². The number of aromatic nitrogens is 2. The molecule has 4 aromatic carbocycles. The second-order valence-corrected chi connectivity index (χ2v) is 17.8. The van der Waals surface area contributed by atoms with Gasteiger partial charge in [0.1, 0.15) is 5.58 Å². The predicted molar refractivity (Wildman–Crippen MR) is 189 cm³/mol. The van der Waals surface area contributed by atoms with E-state index >= 15 is 0 Å². The van der Waals surface area contributed by atoms with Crippen LogP contribution in [0.4, 0.5) is 0 Å². The Kier molecular flexibility index (Phi) is 9.46. The Morgan fingerprint density at radius 2 is 1.57 bits per heavy atom. The van der Waals surface area contributed by atoms with Crippen molar-refractivity contribution in [1.29, 1.82) is 0 Å². The minimum Gasteiger partial charge on any atom is -0.501 e. The average Bonchev–Trinajstić information content (AvgIpc) is 3.48. The summed E-state index contributed by atoms with van der Waals surface area (Å²) in [5.74, 6) is 0. The van der Waals surface area contributed by atoms with Crippen molar-refractivity contribution in [3.05, 3.63) is 139 Å². The first-order chi connectivity index (χ1) is 22.0. The Morgan fingerprint density at radius 1 is 0.739 bits per heavy atom. The summed E-state index contributed by atoms with van der Waals surface area (Å²) in [7, 11) is -1.23. The topological polar surface area (TPSA) is 38.9 Å². The second kappa shape index (κ2) is 13.7. The molecule has 0 fully saturated rings. The third kappa shape index (κ3) is 6.41. The van der Waals surface area contributed by atoms with Gasteiger partial charge in [-0.15, -0.1) is 54.1 Å². The Hall–Kier alpha value is -4.15. The number of fused-ring (bicyclic) bond motifs is 4. The normalized spacial score (nSPS) is 12.6. The maximum Gasteiger partial charge on any atom is 0.121 e. The molecule has 5 heteroatoms. The molecule has 0 saturated carbocycles. The fourth-order valence-electron chi connectivity index (χ4n) is 6.25. The van der Waals surface area contributed by atoms with Gasteiger partial charge in [0.15, 0.2) is 0 Å². The molecule has 0 spiro atoms. The second-order valence-electron chi connectivity index (χ2n) is 12.7. The van der Waals surface area contributed by atoms with E-state index < -0.39 is 8.07 Å². The van der Waals surface area contributed by atoms with Crippen molar-refractivity contribution in [1.82, 2.24) is 9.97 Å². The summed E-state index contributed by atoms with van der Waals surface area (Å²) < 4.78 is 6.42. The van der Waals surface area contributed by atoms with Crippen molar-refractivity contribution in [2.75, 3.05) is 0 Å². The van der Waals surface area contributed by atoms with Crippen molar-refractivity contribution in [2.24, 2.45) is 0 Å². The van der Waals surface area contributed by atoms with Crippen LogP contribution < -0.4 is 5.19 Å². The van der Waals surface area contributed by atoms with E-state index in [0.29, 0.717) is 0 Å². The maximum absolute atomic E-state index is 6.42. The summed E-state index contributed by atoms with van der Waals surface area (Å²) >= 11 is 0. The fraction of sp³-hybridized carbons (Fsp3) is 0.171. The Labute approximate surface area is 286 Å². The molecule has 8 rings (SSSR count). The SMILES string of the molecule is C[Si](C)(C)c1ccc(-c2[c-]cccc2)nc1.[Ir].[c-]1ccc2c(oc3cccc(-c4ccccc4)c32)c1-c1nccc2c1CCCC2. The number of furan rings is 1. The van der Waals surface area contributed by atoms with E-state index in [-0.39, 0.29) is 20.1 Å². The van der Waals surface area contributed by atoms with Crippen LogP contribution >= 0.6 is 0 Å². The van der Waals surface area contributed by atoms with E-state index in [9.17, 15) is 0 Å². The quantitative estimate of drug-likeness (QED) is 0.132. The van der Waals surface area contributed by atoms with E-state index in [1.807, 2.05) is 48.8 Å². The minimum atomic E-state index is -1.23. The zero-order valence-corrected chi connectivity index (χ0v) is 29.8. The molecular formula is C41H36IrN2OSi-2. The van der Waals surface area contributed by atoms with Crippen molar-refractivity contribution in [3.63, 3.8) is 0 Å². The van der Waals surface area contributed by atoms with Gasteiger partial charge in [0, 0.05) is 37.9 Å². The first kappa shape index (κ1) is 31.8. The fourth-order valence-corrected chi connectivity index (χ4v) is 7.29. The standard InChI is InChI=1S/C27H20NO.C14H16NSi.Ir/c1-2-8-18(9-3-1)20-12-7-15-24-25(20)22-13-6-14-23(27(22)29-24)26-21-11-5-4-10-19(21)16-17-28-26;1-16(2,3)13-9-10-14(15-11-13)12-7-5-4-6-8-12;/h1-3,6-9,12-13,15-17H,4-5,10-11H2;4-7,9-11H,1-3H3;/q2*-1;. The van der Waals surface area contributed by atoms with Crippen LogP contribution in [0.1, 0.15) is 24.0 Å². The number of aryl methyl sites for hydroxylation is 1. The number of hydrogen-bond acceptors (Lipinski definition) is 3. The molecule has 0 saturated heterocycles. The number of rotatable bonds is 4. The molecule has 3 heterocycles. The predicted octanol–water partition coefficient (Wildman–Crippen LogP) is 10.1. The zero-order chi connectivity index (χ0) is 30.8. The molecule has 3 aromatic heterocycles. The molecule has 1 aliphatic carbocycles. The number of benzene rings is 4. The smallest absolute Gasteiger partial charge is 0.121 e. The Morgan fingerprint density at radius 3 is 2.33 bits per heavy atom. The van der Waals surface area contributed by atoms with Crippen LogP contribution in [-0.4, -0.2) is 18.0 Å². The zero-order valence-electron chi connectivity index (χ0n) is 26.4. The Bertz CT molecular complexity index is 2080. The molecule has 0 amide bonds. The van der Waals surface area contributed by atoms with Gasteiger partial charge < -0.3 is 14.4 Å². The van der Waals surface area contributed by atoms with Gasteiger partial charge >= 0.3 is 0 Å². The largest absolute Gasteiger partial charge is 0.501 e. The average molecular weight is 793 g/mol. The molecule has 46 heavy (non-hydrogen) atoms. The summed E-state index contributed by atoms with van der Waals surface area (Å²) in [6.07, 6.45) is 8.65. The van der Waals surface area contributed by atoms with Gasteiger partial charge in [-0.3, -0.25) is 0 Å². The van der Waals surface area contributed by atoms with E-state index in [0.717, 1.165) is 57.3 Å². The van der Waals surface area contributed by atoms with Crippen LogP contribution in [0.5, 0.6) is 0 Å². The van der Waals surface area contributed by atoms with E-state index in [1.54, 1.807) is 0 Å². The van der Waals surface area contributed by atoms with Gasteiger partial charge in [-0.25, -0.2) is 0 Å². The van der Waals surface area contributed by atoms with Gasteiger partial charge in [-0.05, 0) is 65.5 Å². The van der Waals surface area contributed by atoms with Crippen molar-refractivity contribution in [2.45, 2.75) is 45.3 Å². The molecule has 7 aromatic rings. The van der Waals surface area contributed by atoms with Gasteiger partial charge in [-0.2, -0.15) is 0 Å². The van der Waals surface area contributed by atoms with Crippen LogP contribution in [0, 0.1) is 12.1 Å². The van der Waals surface area contributed by atoms with E-state index in [4.69, 9.17) is 9.40 Å². The maximum atomic E-state index is 6.42. The summed E-state index contributed by atoms with van der Waals surface area (Å²) in [5.41, 5.74) is 11.1. The molecule has 1 radical (unpaired) electrons. The van der Waals surface area contributed by atoms with Gasteiger partial charge in [0.2, 0.25) is 0 Å². The number of hydrogen-bond donors (Lipinski definition) is 0. The van der Waals surface area contributed by atoms with Gasteiger partial charge in [0.05, 0.1) is 13.7 Å². The third-order valence-electron chi connectivity index (χ3n) is 8.67. The first-order valence-corrected chi connectivity index (χ1v) is 19.3. The monoisotopic (exact) mass is 793 g/mol. The third-order valence-corrected chi connectivity index (χ3v) is 10.7. The molecule has 231 valence electrons. The molecule has 0 atom stereocenters. The summed E-state index contributed by atoms with van der Waals surface area (Å²) in [6, 6.07) is 42.0. The van der Waals surface area contributed by atoms with Crippen LogP contribution in [0.15, 0.2) is 120 Å². The molecule has 0 unspecified atom stereocenters. The van der Waals surface area contributed by atoms with Crippen molar-refractivity contribution in [3.8, 4) is 33.6 Å². The van der Waals surface area contributed by atoms with Crippen LogP contribution in [0.2, 0.25) is 19.6 Å². The molecule has 0 N–H and O–H groups in total. The molecule has 0 aliphatic heterocycles. The van der Waals surface area contributed by atoms with E-state index in [2.05, 4.69) is 103 Å².